The normalized spacial score (nSPS) is 22.2. The lowest BCUT2D eigenvalue weighted by molar-refractivity contribution is -0.122. The summed E-state index contributed by atoms with van der Waals surface area (Å²) in [6, 6.07) is 6.67. The molecule has 1 aromatic carbocycles. The van der Waals surface area contributed by atoms with E-state index in [0.29, 0.717) is 46.5 Å². The number of hydrogen-bond acceptors (Lipinski definition) is 7. The number of carbonyl (C=O) groups is 2. The molecular weight excluding hydrogens is 560 g/mol. The van der Waals surface area contributed by atoms with Crippen molar-refractivity contribution in [3.8, 4) is 0 Å². The Balaban J connectivity index is 1.22. The van der Waals surface area contributed by atoms with Crippen LogP contribution in [0.5, 0.6) is 0 Å². The Morgan fingerprint density at radius 2 is 2.05 bits per heavy atom. The zero-order chi connectivity index (χ0) is 27.3. The molecule has 2 fully saturated rings. The summed E-state index contributed by atoms with van der Waals surface area (Å²) in [6.07, 6.45) is 3.03. The molecule has 3 N–H and O–H groups in total. The largest absolute Gasteiger partial charge is 0.356 e. The molecule has 2 aromatic heterocycles. The van der Waals surface area contributed by atoms with Gasteiger partial charge in [0.1, 0.15) is 5.03 Å². The Morgan fingerprint density at radius 1 is 1.23 bits per heavy atom. The van der Waals surface area contributed by atoms with Crippen molar-refractivity contribution in [2.45, 2.75) is 56.3 Å². The summed E-state index contributed by atoms with van der Waals surface area (Å²) in [5.41, 5.74) is 1.64. The Kier molecular flexibility index (Phi) is 7.17. The minimum Gasteiger partial charge on any atom is -0.356 e. The van der Waals surface area contributed by atoms with Crippen molar-refractivity contribution in [1.29, 1.82) is 0 Å². The first-order valence-corrected chi connectivity index (χ1v) is 15.9. The molecular formula is C26H31ClN6O4S2. The number of hydrogen-bond donors (Lipinski definition) is 3. The van der Waals surface area contributed by atoms with Gasteiger partial charge in [0, 0.05) is 77.9 Å². The first-order chi connectivity index (χ1) is 18.7. The van der Waals surface area contributed by atoms with E-state index in [-0.39, 0.29) is 42.4 Å². The minimum atomic E-state index is -3.85. The highest BCUT2D eigenvalue weighted by Crippen LogP contribution is 2.30. The Labute approximate surface area is 236 Å². The van der Waals surface area contributed by atoms with Gasteiger partial charge in [-0.3, -0.25) is 9.59 Å². The van der Waals surface area contributed by atoms with E-state index in [2.05, 4.69) is 27.5 Å². The van der Waals surface area contributed by atoms with Crippen LogP contribution in [-0.4, -0.2) is 77.7 Å². The third kappa shape index (κ3) is 5.45. The van der Waals surface area contributed by atoms with Crippen molar-refractivity contribution in [2.24, 2.45) is 5.92 Å². The van der Waals surface area contributed by atoms with Crippen molar-refractivity contribution in [1.82, 2.24) is 29.8 Å². The van der Waals surface area contributed by atoms with Crippen LogP contribution in [0.15, 0.2) is 29.3 Å². The van der Waals surface area contributed by atoms with Crippen molar-refractivity contribution in [2.75, 3.05) is 26.2 Å². The smallest absolute Gasteiger partial charge is 0.283 e. The number of halogens is 1. The quantitative estimate of drug-likeness (QED) is 0.388. The first kappa shape index (κ1) is 26.7. The monoisotopic (exact) mass is 590 g/mol. The summed E-state index contributed by atoms with van der Waals surface area (Å²) in [6.45, 7) is 3.70. The standard InChI is InChI=1S/C26H31ClN6O4S2/c1-15-10-21-22(13-29-15)38-25(31-21)26(35)33-9-8-32(14-19(33)6-7-28-24(34)16-2-3-16)39(36,37)23-12-17-11-18(27)4-5-20(17)30-23/h4-5,11-12,15-16,19,29-30H,2-3,6-10,13-14H2,1H3,(H,28,34). The summed E-state index contributed by atoms with van der Waals surface area (Å²) in [5.74, 6) is -0.0730. The molecule has 4 heterocycles. The molecule has 1 saturated carbocycles. The summed E-state index contributed by atoms with van der Waals surface area (Å²) in [5, 5.41) is 8.13. The van der Waals surface area contributed by atoms with Crippen molar-refractivity contribution < 1.29 is 18.0 Å². The number of sulfonamides is 1. The zero-order valence-corrected chi connectivity index (χ0v) is 24.0. The van der Waals surface area contributed by atoms with Crippen LogP contribution in [0, 0.1) is 5.92 Å². The van der Waals surface area contributed by atoms with Gasteiger partial charge in [0.2, 0.25) is 5.91 Å². The Bertz CT molecular complexity index is 1530. The van der Waals surface area contributed by atoms with Crippen LogP contribution in [0.2, 0.25) is 5.02 Å². The number of aromatic amines is 1. The van der Waals surface area contributed by atoms with Gasteiger partial charge in [0.15, 0.2) is 5.01 Å². The van der Waals surface area contributed by atoms with Crippen molar-refractivity contribution in [3.05, 3.63) is 44.9 Å². The summed E-state index contributed by atoms with van der Waals surface area (Å²) >= 11 is 7.50. The van der Waals surface area contributed by atoms with Gasteiger partial charge in [0.05, 0.1) is 5.69 Å². The fourth-order valence-corrected chi connectivity index (χ4v) is 7.95. The van der Waals surface area contributed by atoms with E-state index in [9.17, 15) is 18.0 Å². The van der Waals surface area contributed by atoms with Gasteiger partial charge in [-0.15, -0.1) is 11.3 Å². The molecule has 0 radical (unpaired) electrons. The third-order valence-corrected chi connectivity index (χ3v) is 10.8. The number of fused-ring (bicyclic) bond motifs is 2. The van der Waals surface area contributed by atoms with E-state index in [0.717, 1.165) is 29.8 Å². The number of carbonyl (C=O) groups excluding carboxylic acids is 2. The van der Waals surface area contributed by atoms with Gasteiger partial charge in [-0.2, -0.15) is 4.31 Å². The molecule has 1 aliphatic carbocycles. The third-order valence-electron chi connectivity index (χ3n) is 7.68. The van der Waals surface area contributed by atoms with Gasteiger partial charge in [-0.1, -0.05) is 11.6 Å². The second-order valence-corrected chi connectivity index (χ2v) is 14.0. The average Bonchev–Trinajstić information content (AvgIpc) is 3.54. The van der Waals surface area contributed by atoms with Crippen LogP contribution < -0.4 is 10.6 Å². The highest BCUT2D eigenvalue weighted by Gasteiger charge is 2.38. The van der Waals surface area contributed by atoms with Gasteiger partial charge in [0.25, 0.3) is 15.9 Å². The molecule has 1 saturated heterocycles. The lowest BCUT2D eigenvalue weighted by Gasteiger charge is -2.40. The number of nitrogens with one attached hydrogen (secondary N) is 3. The van der Waals surface area contributed by atoms with E-state index in [4.69, 9.17) is 11.6 Å². The molecule has 2 amide bonds. The first-order valence-electron chi connectivity index (χ1n) is 13.3. The number of H-pyrrole nitrogens is 1. The second kappa shape index (κ2) is 10.5. The Morgan fingerprint density at radius 3 is 2.85 bits per heavy atom. The van der Waals surface area contributed by atoms with Crippen LogP contribution >= 0.6 is 22.9 Å². The molecule has 39 heavy (non-hydrogen) atoms. The number of thiazole rings is 1. The molecule has 3 aromatic rings. The fraction of sp³-hybridized carbons (Fsp3) is 0.500. The highest BCUT2D eigenvalue weighted by atomic mass is 35.5. The van der Waals surface area contributed by atoms with Crippen LogP contribution in [-0.2, 0) is 27.8 Å². The van der Waals surface area contributed by atoms with Gasteiger partial charge < -0.3 is 20.5 Å². The molecule has 13 heteroatoms. The lowest BCUT2D eigenvalue weighted by Crippen LogP contribution is -2.57. The van der Waals surface area contributed by atoms with E-state index >= 15 is 0 Å². The van der Waals surface area contributed by atoms with E-state index in [1.807, 2.05) is 0 Å². The summed E-state index contributed by atoms with van der Waals surface area (Å²) in [4.78, 5) is 36.4. The van der Waals surface area contributed by atoms with Crippen molar-refractivity contribution in [3.63, 3.8) is 0 Å². The predicted octanol–water partition coefficient (Wildman–Crippen LogP) is 2.74. The maximum Gasteiger partial charge on any atom is 0.283 e. The molecule has 0 spiro atoms. The molecule has 2 atom stereocenters. The fourth-order valence-electron chi connectivity index (χ4n) is 5.29. The second-order valence-electron chi connectivity index (χ2n) is 10.6. The van der Waals surface area contributed by atoms with Gasteiger partial charge in [-0.05, 0) is 50.5 Å². The van der Waals surface area contributed by atoms with Crippen LogP contribution in [0.1, 0.15) is 46.6 Å². The Hall–Kier alpha value is -2.51. The predicted molar refractivity (Wildman–Crippen MR) is 149 cm³/mol. The maximum absolute atomic E-state index is 13.7. The number of amides is 2. The molecule has 2 aliphatic heterocycles. The average molecular weight is 591 g/mol. The minimum absolute atomic E-state index is 0.0270. The van der Waals surface area contributed by atoms with Crippen LogP contribution in [0.4, 0.5) is 0 Å². The van der Waals surface area contributed by atoms with Crippen molar-refractivity contribution >= 4 is 55.7 Å². The van der Waals surface area contributed by atoms with E-state index in [1.165, 1.54) is 15.6 Å². The molecule has 208 valence electrons. The van der Waals surface area contributed by atoms with Crippen LogP contribution in [0.25, 0.3) is 10.9 Å². The lowest BCUT2D eigenvalue weighted by atomic mass is 10.1. The summed E-state index contributed by atoms with van der Waals surface area (Å²) < 4.78 is 28.7. The van der Waals surface area contributed by atoms with E-state index < -0.39 is 16.1 Å². The summed E-state index contributed by atoms with van der Waals surface area (Å²) in [7, 11) is -3.85. The van der Waals surface area contributed by atoms with Gasteiger partial charge in [-0.25, -0.2) is 13.4 Å². The zero-order valence-electron chi connectivity index (χ0n) is 21.6. The molecule has 2 unspecified atom stereocenters. The highest BCUT2D eigenvalue weighted by molar-refractivity contribution is 7.89. The number of piperazine rings is 1. The maximum atomic E-state index is 13.7. The van der Waals surface area contributed by atoms with Crippen LogP contribution in [0.3, 0.4) is 0 Å². The molecule has 3 aliphatic rings. The molecule has 10 nitrogen and oxygen atoms in total. The van der Waals surface area contributed by atoms with Gasteiger partial charge >= 0.3 is 0 Å². The number of rotatable bonds is 7. The number of benzene rings is 1. The topological polar surface area (TPSA) is 128 Å². The SMILES string of the molecule is CC1Cc2nc(C(=O)N3CCN(S(=O)(=O)c4cc5cc(Cl)ccc5[nH]4)CC3CCNC(=O)C3CC3)sc2CN1. The number of nitrogens with zero attached hydrogens (tertiary/aromatic N) is 3. The molecule has 6 rings (SSSR count). The van der Waals surface area contributed by atoms with E-state index in [1.54, 1.807) is 29.2 Å². The number of aromatic nitrogens is 2. The molecule has 0 bridgehead atoms.